The molecule has 3 aromatic rings. The normalized spacial score (nSPS) is 10.9. The van der Waals surface area contributed by atoms with Crippen LogP contribution < -0.4 is 10.7 Å². The summed E-state index contributed by atoms with van der Waals surface area (Å²) in [5.74, 6) is 0.164. The summed E-state index contributed by atoms with van der Waals surface area (Å²) in [5.41, 5.74) is 4.26. The van der Waals surface area contributed by atoms with E-state index >= 15 is 0 Å². The van der Waals surface area contributed by atoms with E-state index in [-0.39, 0.29) is 5.75 Å². The number of aromatic hydroxyl groups is 1. The van der Waals surface area contributed by atoms with Gasteiger partial charge < -0.3 is 10.4 Å². The number of hydrogen-bond donors (Lipinski definition) is 3. The van der Waals surface area contributed by atoms with Gasteiger partial charge in [0.25, 0.3) is 0 Å². The maximum atomic E-state index is 10.1. The number of thiocarbonyl (C=S) groups is 1. The van der Waals surface area contributed by atoms with Crippen LogP contribution in [0.2, 0.25) is 0 Å². The van der Waals surface area contributed by atoms with Gasteiger partial charge in [0.15, 0.2) is 5.11 Å². The molecule has 0 amide bonds. The van der Waals surface area contributed by atoms with Gasteiger partial charge in [-0.2, -0.15) is 5.10 Å². The van der Waals surface area contributed by atoms with Crippen LogP contribution in [0.25, 0.3) is 10.8 Å². The Bertz CT molecular complexity index is 913. The van der Waals surface area contributed by atoms with Crippen molar-refractivity contribution in [3.8, 4) is 5.75 Å². The van der Waals surface area contributed by atoms with Crippen LogP contribution in [0.5, 0.6) is 5.75 Å². The second kappa shape index (κ2) is 7.42. The smallest absolute Gasteiger partial charge is 0.191 e. The monoisotopic (exact) mass is 399 g/mol. The van der Waals surface area contributed by atoms with E-state index in [0.717, 1.165) is 20.9 Å². The van der Waals surface area contributed by atoms with Crippen LogP contribution in [-0.2, 0) is 0 Å². The quantitative estimate of drug-likeness (QED) is 0.341. The number of hydrazone groups is 1. The molecular weight excluding hydrogens is 386 g/mol. The second-order valence-electron chi connectivity index (χ2n) is 5.05. The molecule has 0 aliphatic heterocycles. The van der Waals surface area contributed by atoms with E-state index < -0.39 is 0 Å². The van der Waals surface area contributed by atoms with Crippen molar-refractivity contribution >= 4 is 55.9 Å². The van der Waals surface area contributed by atoms with Crippen LogP contribution in [0.4, 0.5) is 5.69 Å². The molecule has 3 aromatic carbocycles. The van der Waals surface area contributed by atoms with Crippen molar-refractivity contribution in [2.24, 2.45) is 5.10 Å². The van der Waals surface area contributed by atoms with Gasteiger partial charge in [-0.05, 0) is 53.3 Å². The first-order valence-electron chi connectivity index (χ1n) is 7.20. The molecule has 3 rings (SSSR count). The minimum absolute atomic E-state index is 0.164. The first kappa shape index (κ1) is 16.4. The maximum absolute atomic E-state index is 10.1. The SMILES string of the molecule is Oc1ccc2cc(Br)ccc2c1/C=N/NC(=S)Nc1ccccc1. The molecule has 0 spiro atoms. The summed E-state index contributed by atoms with van der Waals surface area (Å²) in [6.45, 7) is 0. The average Bonchev–Trinajstić information content (AvgIpc) is 2.58. The number of nitrogens with one attached hydrogen (secondary N) is 2. The fourth-order valence-electron chi connectivity index (χ4n) is 2.28. The molecule has 0 fully saturated rings. The molecule has 0 saturated heterocycles. The predicted molar refractivity (Wildman–Crippen MR) is 107 cm³/mol. The molecule has 0 aliphatic rings. The Hall–Kier alpha value is -2.44. The summed E-state index contributed by atoms with van der Waals surface area (Å²) < 4.78 is 0.981. The van der Waals surface area contributed by atoms with Crippen LogP contribution in [-0.4, -0.2) is 16.4 Å². The Morgan fingerprint density at radius 2 is 1.88 bits per heavy atom. The van der Waals surface area contributed by atoms with Crippen LogP contribution in [0.1, 0.15) is 5.56 Å². The van der Waals surface area contributed by atoms with Crippen LogP contribution in [0.3, 0.4) is 0 Å². The van der Waals surface area contributed by atoms with Gasteiger partial charge in [-0.3, -0.25) is 5.43 Å². The van der Waals surface area contributed by atoms with Gasteiger partial charge >= 0.3 is 0 Å². The van der Waals surface area contributed by atoms with Crippen molar-refractivity contribution in [2.45, 2.75) is 0 Å². The number of nitrogens with zero attached hydrogens (tertiary/aromatic N) is 1. The minimum atomic E-state index is 0.164. The molecular formula is C18H14BrN3OS. The van der Waals surface area contributed by atoms with Gasteiger partial charge in [-0.25, -0.2) is 0 Å². The average molecular weight is 400 g/mol. The number of rotatable bonds is 3. The van der Waals surface area contributed by atoms with E-state index in [4.69, 9.17) is 12.2 Å². The summed E-state index contributed by atoms with van der Waals surface area (Å²) in [6.07, 6.45) is 1.56. The number of halogens is 1. The largest absolute Gasteiger partial charge is 0.507 e. The Balaban J connectivity index is 1.76. The number of para-hydroxylation sites is 1. The number of fused-ring (bicyclic) bond motifs is 1. The summed E-state index contributed by atoms with van der Waals surface area (Å²) >= 11 is 8.64. The van der Waals surface area contributed by atoms with Gasteiger partial charge in [0, 0.05) is 15.7 Å². The lowest BCUT2D eigenvalue weighted by Crippen LogP contribution is -2.23. The standard InChI is InChI=1S/C18H14BrN3OS/c19-13-7-8-15-12(10-13)6-9-17(23)16(15)11-20-22-18(24)21-14-4-2-1-3-5-14/h1-11,23H,(H2,21,22,24)/b20-11+. The molecule has 0 atom stereocenters. The third kappa shape index (κ3) is 3.90. The summed E-state index contributed by atoms with van der Waals surface area (Å²) in [7, 11) is 0. The molecule has 0 aromatic heterocycles. The van der Waals surface area contributed by atoms with Gasteiger partial charge in [0.1, 0.15) is 5.75 Å². The molecule has 0 unspecified atom stereocenters. The van der Waals surface area contributed by atoms with Crippen molar-refractivity contribution in [3.05, 3.63) is 70.7 Å². The van der Waals surface area contributed by atoms with Gasteiger partial charge in [-0.15, -0.1) is 0 Å². The summed E-state index contributed by atoms with van der Waals surface area (Å²) in [5, 5.41) is 19.5. The topological polar surface area (TPSA) is 56.7 Å². The molecule has 0 heterocycles. The number of phenolic OH excluding ortho intramolecular Hbond substituents is 1. The number of anilines is 1. The fraction of sp³-hybridized carbons (Fsp3) is 0. The molecule has 0 bridgehead atoms. The third-order valence-electron chi connectivity index (χ3n) is 3.39. The van der Waals surface area contributed by atoms with Crippen molar-refractivity contribution < 1.29 is 5.11 Å². The molecule has 6 heteroatoms. The van der Waals surface area contributed by atoms with Gasteiger partial charge in [-0.1, -0.05) is 46.3 Å². The van der Waals surface area contributed by atoms with E-state index in [1.165, 1.54) is 0 Å². The second-order valence-corrected chi connectivity index (χ2v) is 6.38. The zero-order chi connectivity index (χ0) is 16.9. The number of benzene rings is 3. The van der Waals surface area contributed by atoms with E-state index in [0.29, 0.717) is 10.7 Å². The summed E-state index contributed by atoms with van der Waals surface area (Å²) in [4.78, 5) is 0. The van der Waals surface area contributed by atoms with Crippen LogP contribution >= 0.6 is 28.1 Å². The maximum Gasteiger partial charge on any atom is 0.191 e. The van der Waals surface area contributed by atoms with Gasteiger partial charge in [0.2, 0.25) is 0 Å². The molecule has 3 N–H and O–H groups in total. The lowest BCUT2D eigenvalue weighted by Gasteiger charge is -2.07. The molecule has 24 heavy (non-hydrogen) atoms. The van der Waals surface area contributed by atoms with Gasteiger partial charge in [0.05, 0.1) is 6.21 Å². The fourth-order valence-corrected chi connectivity index (χ4v) is 2.83. The van der Waals surface area contributed by atoms with E-state index in [1.807, 2.05) is 54.6 Å². The van der Waals surface area contributed by atoms with E-state index in [2.05, 4.69) is 31.8 Å². The van der Waals surface area contributed by atoms with Crippen LogP contribution in [0, 0.1) is 0 Å². The molecule has 4 nitrogen and oxygen atoms in total. The van der Waals surface area contributed by atoms with E-state index in [9.17, 15) is 5.11 Å². The summed E-state index contributed by atoms with van der Waals surface area (Å²) in [6, 6.07) is 18.9. The molecule has 0 saturated carbocycles. The highest BCUT2D eigenvalue weighted by atomic mass is 79.9. The molecule has 0 radical (unpaired) electrons. The first-order chi connectivity index (χ1) is 11.6. The highest BCUT2D eigenvalue weighted by molar-refractivity contribution is 9.10. The highest BCUT2D eigenvalue weighted by Gasteiger charge is 2.05. The van der Waals surface area contributed by atoms with Crippen molar-refractivity contribution in [1.82, 2.24) is 5.43 Å². The lowest BCUT2D eigenvalue weighted by molar-refractivity contribution is 0.475. The number of phenols is 1. The highest BCUT2D eigenvalue weighted by Crippen LogP contribution is 2.27. The van der Waals surface area contributed by atoms with Crippen molar-refractivity contribution in [2.75, 3.05) is 5.32 Å². The number of hydrogen-bond acceptors (Lipinski definition) is 3. The molecule has 120 valence electrons. The first-order valence-corrected chi connectivity index (χ1v) is 8.40. The predicted octanol–water partition coefficient (Wildman–Crippen LogP) is 4.63. The van der Waals surface area contributed by atoms with Crippen molar-refractivity contribution in [3.63, 3.8) is 0 Å². The van der Waals surface area contributed by atoms with Crippen molar-refractivity contribution in [1.29, 1.82) is 0 Å². The minimum Gasteiger partial charge on any atom is -0.507 e. The lowest BCUT2D eigenvalue weighted by atomic mass is 10.0. The zero-order valence-corrected chi connectivity index (χ0v) is 14.9. The Morgan fingerprint density at radius 3 is 2.67 bits per heavy atom. The Kier molecular flexibility index (Phi) is 5.08. The molecule has 0 aliphatic carbocycles. The Labute approximate surface area is 153 Å². The van der Waals surface area contributed by atoms with E-state index in [1.54, 1.807) is 12.3 Å². The Morgan fingerprint density at radius 1 is 1.08 bits per heavy atom. The van der Waals surface area contributed by atoms with Crippen LogP contribution in [0.15, 0.2) is 70.2 Å². The zero-order valence-electron chi connectivity index (χ0n) is 12.5. The third-order valence-corrected chi connectivity index (χ3v) is 4.08.